The van der Waals surface area contributed by atoms with Gasteiger partial charge in [-0.2, -0.15) is 0 Å². The molecule has 1 atom stereocenters. The van der Waals surface area contributed by atoms with Gasteiger partial charge >= 0.3 is 0 Å². The molecule has 0 aromatic heterocycles. The van der Waals surface area contributed by atoms with Crippen molar-refractivity contribution in [3.05, 3.63) is 33.8 Å². The van der Waals surface area contributed by atoms with Gasteiger partial charge in [0, 0.05) is 17.2 Å². The van der Waals surface area contributed by atoms with Crippen LogP contribution in [0, 0.1) is 0 Å². The monoisotopic (exact) mass is 252 g/mol. The number of amides is 2. The first kappa shape index (κ1) is 11.6. The number of fused-ring (bicyclic) bond motifs is 1. The quantitative estimate of drug-likeness (QED) is 0.718. The number of carbonyl (C=O) groups is 2. The summed E-state index contributed by atoms with van der Waals surface area (Å²) >= 11 is 5.79. The summed E-state index contributed by atoms with van der Waals surface area (Å²) in [5, 5.41) is 13.4. The molecule has 0 spiro atoms. The maximum Gasteiger partial charge on any atom is 0.276 e. The largest absolute Gasteiger partial charge is 0.509 e. The summed E-state index contributed by atoms with van der Waals surface area (Å²) in [6, 6.07) is 3.48. The van der Waals surface area contributed by atoms with E-state index in [2.05, 4.69) is 10.3 Å². The molecule has 17 heavy (non-hydrogen) atoms. The number of carbonyl (C=O) groups excluding carboxylic acids is 2. The highest BCUT2D eigenvalue weighted by Crippen LogP contribution is 2.06. The summed E-state index contributed by atoms with van der Waals surface area (Å²) < 4.78 is 0. The molecule has 0 bridgehead atoms. The normalized spacial score (nSPS) is 18.4. The van der Waals surface area contributed by atoms with Crippen molar-refractivity contribution in [1.29, 1.82) is 0 Å². The Labute approximate surface area is 101 Å². The molecular weight excluding hydrogens is 244 g/mol. The van der Waals surface area contributed by atoms with Gasteiger partial charge in [-0.25, -0.2) is 4.99 Å². The third kappa shape index (κ3) is 2.14. The zero-order valence-electron chi connectivity index (χ0n) is 8.90. The molecule has 88 valence electrons. The standard InChI is InChI=1S/C11H9ClN2O3/c1-5(15)13-9-10(16)7-4-6(12)2-3-8(7)14-11(9)17/h2-4,9,16H,1H3,(H,13,15). The topological polar surface area (TPSA) is 78.8 Å². The van der Waals surface area contributed by atoms with Crippen LogP contribution in [0.15, 0.2) is 23.2 Å². The highest BCUT2D eigenvalue weighted by atomic mass is 35.5. The van der Waals surface area contributed by atoms with Gasteiger partial charge in [0.2, 0.25) is 5.91 Å². The van der Waals surface area contributed by atoms with E-state index in [1.165, 1.54) is 19.1 Å². The molecule has 1 aliphatic heterocycles. The summed E-state index contributed by atoms with van der Waals surface area (Å²) in [6.07, 6.45) is 0. The zero-order chi connectivity index (χ0) is 12.6. The number of benzene rings is 1. The Hall–Kier alpha value is -1.88. The lowest BCUT2D eigenvalue weighted by atomic mass is 10.1. The lowest BCUT2D eigenvalue weighted by Crippen LogP contribution is -2.48. The van der Waals surface area contributed by atoms with Crippen LogP contribution in [-0.2, 0) is 9.59 Å². The molecule has 1 unspecified atom stereocenters. The number of nitrogens with one attached hydrogen (secondary N) is 1. The Bertz CT molecular complexity index is 624. The predicted molar refractivity (Wildman–Crippen MR) is 60.9 cm³/mol. The fourth-order valence-electron chi connectivity index (χ4n) is 1.60. The van der Waals surface area contributed by atoms with Gasteiger partial charge in [-0.05, 0) is 18.2 Å². The van der Waals surface area contributed by atoms with Gasteiger partial charge in [0.05, 0.1) is 5.36 Å². The second-order valence-electron chi connectivity index (χ2n) is 3.63. The number of hydrogen-bond donors (Lipinski definition) is 2. The van der Waals surface area contributed by atoms with E-state index in [1.54, 1.807) is 6.07 Å². The van der Waals surface area contributed by atoms with E-state index in [4.69, 9.17) is 11.6 Å². The van der Waals surface area contributed by atoms with E-state index < -0.39 is 17.9 Å². The van der Waals surface area contributed by atoms with E-state index >= 15 is 0 Å². The van der Waals surface area contributed by atoms with Gasteiger partial charge in [-0.1, -0.05) is 11.6 Å². The predicted octanol–water partition coefficient (Wildman–Crippen LogP) is -0.329. The molecule has 0 radical (unpaired) electrons. The van der Waals surface area contributed by atoms with Crippen LogP contribution in [-0.4, -0.2) is 23.0 Å². The van der Waals surface area contributed by atoms with Crippen LogP contribution in [0.5, 0.6) is 0 Å². The van der Waals surface area contributed by atoms with Crippen LogP contribution in [0.2, 0.25) is 5.02 Å². The first-order chi connectivity index (χ1) is 7.99. The van der Waals surface area contributed by atoms with Crippen LogP contribution in [0.25, 0.3) is 5.76 Å². The first-order valence-electron chi connectivity index (χ1n) is 4.87. The zero-order valence-corrected chi connectivity index (χ0v) is 9.65. The number of hydrogen-bond acceptors (Lipinski definition) is 3. The molecule has 0 saturated carbocycles. The molecule has 2 amide bonds. The van der Waals surface area contributed by atoms with Crippen molar-refractivity contribution < 1.29 is 14.7 Å². The van der Waals surface area contributed by atoms with Gasteiger partial charge < -0.3 is 10.4 Å². The Balaban J connectivity index is 2.64. The van der Waals surface area contributed by atoms with E-state index in [1.807, 2.05) is 0 Å². The molecule has 0 aliphatic carbocycles. The second-order valence-corrected chi connectivity index (χ2v) is 4.07. The third-order valence-corrected chi connectivity index (χ3v) is 2.57. The SMILES string of the molecule is CC(=O)NC1C(=O)N=c2ccc(Cl)cc2=C1O. The lowest BCUT2D eigenvalue weighted by Gasteiger charge is -2.16. The van der Waals surface area contributed by atoms with E-state index in [0.29, 0.717) is 15.6 Å². The van der Waals surface area contributed by atoms with E-state index in [9.17, 15) is 14.7 Å². The van der Waals surface area contributed by atoms with Crippen LogP contribution in [0.4, 0.5) is 0 Å². The maximum absolute atomic E-state index is 11.6. The molecule has 5 nitrogen and oxygen atoms in total. The summed E-state index contributed by atoms with van der Waals surface area (Å²) in [6.45, 7) is 1.26. The number of aliphatic hydroxyl groups excluding tert-OH is 1. The summed E-state index contributed by atoms with van der Waals surface area (Å²) in [5.41, 5.74) is 0. The van der Waals surface area contributed by atoms with Crippen LogP contribution in [0.3, 0.4) is 0 Å². The van der Waals surface area contributed by atoms with Crippen molar-refractivity contribution >= 4 is 29.2 Å². The van der Waals surface area contributed by atoms with Crippen LogP contribution < -0.4 is 15.9 Å². The first-order valence-corrected chi connectivity index (χ1v) is 5.25. The van der Waals surface area contributed by atoms with Crippen molar-refractivity contribution in [2.75, 3.05) is 0 Å². The molecule has 6 heteroatoms. The summed E-state index contributed by atoms with van der Waals surface area (Å²) in [4.78, 5) is 26.3. The number of nitrogens with zero attached hydrogens (tertiary/aromatic N) is 1. The minimum atomic E-state index is -1.13. The Morgan fingerprint density at radius 3 is 2.88 bits per heavy atom. The molecular formula is C11H9ClN2O3. The van der Waals surface area contributed by atoms with Gasteiger partial charge in [0.15, 0.2) is 6.04 Å². The highest BCUT2D eigenvalue weighted by molar-refractivity contribution is 6.30. The minimum Gasteiger partial charge on any atom is -0.509 e. The Morgan fingerprint density at radius 1 is 1.53 bits per heavy atom. The summed E-state index contributed by atoms with van der Waals surface area (Å²) in [5.74, 6) is -1.26. The highest BCUT2D eigenvalue weighted by Gasteiger charge is 2.27. The average molecular weight is 253 g/mol. The Kier molecular flexibility index (Phi) is 2.85. The van der Waals surface area contributed by atoms with Crippen molar-refractivity contribution in [1.82, 2.24) is 5.32 Å². The molecule has 0 saturated heterocycles. The summed E-state index contributed by atoms with van der Waals surface area (Å²) in [7, 11) is 0. The van der Waals surface area contributed by atoms with Crippen molar-refractivity contribution in [3.8, 4) is 0 Å². The van der Waals surface area contributed by atoms with E-state index in [0.717, 1.165) is 0 Å². The number of rotatable bonds is 1. The fourth-order valence-corrected chi connectivity index (χ4v) is 1.77. The fraction of sp³-hybridized carbons (Fsp3) is 0.182. The Morgan fingerprint density at radius 2 is 2.24 bits per heavy atom. The average Bonchev–Trinajstić information content (AvgIpc) is 2.25. The smallest absolute Gasteiger partial charge is 0.276 e. The van der Waals surface area contributed by atoms with Crippen molar-refractivity contribution in [2.45, 2.75) is 13.0 Å². The molecule has 1 aromatic rings. The second kappa shape index (κ2) is 4.18. The molecule has 0 fully saturated rings. The molecule has 2 rings (SSSR count). The molecule has 1 aliphatic rings. The third-order valence-electron chi connectivity index (χ3n) is 2.33. The van der Waals surface area contributed by atoms with Crippen molar-refractivity contribution in [3.63, 3.8) is 0 Å². The lowest BCUT2D eigenvalue weighted by molar-refractivity contribution is -0.125. The number of aliphatic hydroxyl groups is 1. The molecule has 1 heterocycles. The van der Waals surface area contributed by atoms with Crippen LogP contribution >= 0.6 is 11.6 Å². The van der Waals surface area contributed by atoms with Gasteiger partial charge in [0.1, 0.15) is 5.76 Å². The van der Waals surface area contributed by atoms with Crippen LogP contribution in [0.1, 0.15) is 6.92 Å². The maximum atomic E-state index is 11.6. The molecule has 1 aromatic carbocycles. The molecule has 2 N–H and O–H groups in total. The minimum absolute atomic E-state index is 0.238. The van der Waals surface area contributed by atoms with E-state index in [-0.39, 0.29) is 5.76 Å². The number of halogens is 1. The van der Waals surface area contributed by atoms with Gasteiger partial charge in [0.25, 0.3) is 5.91 Å². The van der Waals surface area contributed by atoms with Crippen molar-refractivity contribution in [2.24, 2.45) is 4.99 Å². The van der Waals surface area contributed by atoms with Gasteiger partial charge in [-0.15, -0.1) is 0 Å². The van der Waals surface area contributed by atoms with Gasteiger partial charge in [-0.3, -0.25) is 9.59 Å².